The molecule has 1 unspecified atom stereocenters. The molecule has 3 aromatic heterocycles. The Kier molecular flexibility index (Phi) is 5.98. The van der Waals surface area contributed by atoms with E-state index in [0.29, 0.717) is 42.8 Å². The number of amides is 1. The highest BCUT2D eigenvalue weighted by Crippen LogP contribution is 2.18. The van der Waals surface area contributed by atoms with Crippen molar-refractivity contribution in [3.05, 3.63) is 81.8 Å². The van der Waals surface area contributed by atoms with Crippen molar-refractivity contribution >= 4 is 28.4 Å². The smallest absolute Gasteiger partial charge is 0.278 e. The van der Waals surface area contributed by atoms with E-state index in [2.05, 4.69) is 5.32 Å². The van der Waals surface area contributed by atoms with Crippen LogP contribution >= 0.6 is 0 Å². The van der Waals surface area contributed by atoms with Gasteiger partial charge in [0.05, 0.1) is 12.6 Å². The molecular formula is C26H28N5O3+. The molecule has 174 valence electrons. The number of aromatic nitrogens is 3. The number of ether oxygens (including phenoxy) is 1. The maximum Gasteiger partial charge on any atom is 0.278 e. The van der Waals surface area contributed by atoms with Crippen molar-refractivity contribution in [2.75, 3.05) is 18.9 Å². The molecule has 1 fully saturated rings. The molecule has 1 atom stereocenters. The molecular weight excluding hydrogens is 430 g/mol. The van der Waals surface area contributed by atoms with E-state index >= 15 is 0 Å². The predicted molar refractivity (Wildman–Crippen MR) is 130 cm³/mol. The lowest BCUT2D eigenvalue weighted by Crippen LogP contribution is -2.46. The lowest BCUT2D eigenvalue weighted by atomic mass is 10.1. The molecule has 1 aliphatic rings. The number of pyridine rings is 2. The maximum absolute atomic E-state index is 13.4. The number of aryl methyl sites for hydroxylation is 1. The molecule has 4 heterocycles. The van der Waals surface area contributed by atoms with Gasteiger partial charge in [0, 0.05) is 24.9 Å². The number of fused-ring (bicyclic) bond motifs is 2. The molecule has 8 nitrogen and oxygen atoms in total. The second kappa shape index (κ2) is 9.23. The Bertz CT molecular complexity index is 1430. The predicted octanol–water partition coefficient (Wildman–Crippen LogP) is 2.18. The van der Waals surface area contributed by atoms with Crippen LogP contribution in [0, 0.1) is 6.92 Å². The molecule has 0 radical (unpaired) electrons. The van der Waals surface area contributed by atoms with Gasteiger partial charge in [0.15, 0.2) is 0 Å². The molecule has 1 aromatic carbocycles. The zero-order chi connectivity index (χ0) is 23.7. The number of nitrogens with two attached hydrogens (primary N) is 1. The molecule has 0 saturated carbocycles. The van der Waals surface area contributed by atoms with E-state index in [0.717, 1.165) is 24.0 Å². The topological polar surface area (TPSA) is 103 Å². The van der Waals surface area contributed by atoms with E-state index in [1.165, 1.54) is 4.40 Å². The molecule has 8 heteroatoms. The first-order chi connectivity index (χ1) is 16.5. The summed E-state index contributed by atoms with van der Waals surface area (Å²) in [6, 6.07) is 15.2. The van der Waals surface area contributed by atoms with Crippen LogP contribution in [0.2, 0.25) is 0 Å². The van der Waals surface area contributed by atoms with E-state index in [-0.39, 0.29) is 29.0 Å². The van der Waals surface area contributed by atoms with Crippen LogP contribution in [-0.4, -0.2) is 34.5 Å². The number of nitrogens with one attached hydrogen (secondary N) is 1. The van der Waals surface area contributed by atoms with Crippen LogP contribution in [0.15, 0.2) is 59.5 Å². The highest BCUT2D eigenvalue weighted by atomic mass is 16.5. The van der Waals surface area contributed by atoms with Crippen LogP contribution in [0.4, 0.5) is 5.82 Å². The van der Waals surface area contributed by atoms with Gasteiger partial charge in [-0.15, -0.1) is 0 Å². The van der Waals surface area contributed by atoms with Crippen LogP contribution in [0.25, 0.3) is 16.7 Å². The molecule has 5 rings (SSSR count). The Morgan fingerprint density at radius 3 is 2.85 bits per heavy atom. The van der Waals surface area contributed by atoms with Crippen molar-refractivity contribution in [3.63, 3.8) is 0 Å². The van der Waals surface area contributed by atoms with Gasteiger partial charge < -0.3 is 15.8 Å². The van der Waals surface area contributed by atoms with E-state index < -0.39 is 0 Å². The zero-order valence-corrected chi connectivity index (χ0v) is 19.2. The summed E-state index contributed by atoms with van der Waals surface area (Å²) in [4.78, 5) is 31.4. The Morgan fingerprint density at radius 2 is 2.09 bits per heavy atom. The summed E-state index contributed by atoms with van der Waals surface area (Å²) in [7, 11) is 0. The summed E-state index contributed by atoms with van der Waals surface area (Å²) in [5.41, 5.74) is 9.62. The molecule has 4 aromatic rings. The molecule has 1 amide bonds. The minimum Gasteiger partial charge on any atom is -0.375 e. The summed E-state index contributed by atoms with van der Waals surface area (Å²) in [6.45, 7) is 3.50. The third-order valence-electron chi connectivity index (χ3n) is 6.37. The average Bonchev–Trinajstić information content (AvgIpc) is 3.36. The van der Waals surface area contributed by atoms with Crippen molar-refractivity contribution in [1.29, 1.82) is 0 Å². The van der Waals surface area contributed by atoms with Gasteiger partial charge in [-0.3, -0.25) is 14.0 Å². The second-order valence-corrected chi connectivity index (χ2v) is 8.72. The fourth-order valence-corrected chi connectivity index (χ4v) is 4.53. The Hall–Kier alpha value is -3.78. The van der Waals surface area contributed by atoms with Crippen LogP contribution in [0.5, 0.6) is 0 Å². The van der Waals surface area contributed by atoms with Crippen LogP contribution < -0.4 is 21.2 Å². The zero-order valence-electron chi connectivity index (χ0n) is 19.2. The fourth-order valence-electron chi connectivity index (χ4n) is 4.53. The molecule has 0 bridgehead atoms. The maximum atomic E-state index is 13.4. The third-order valence-corrected chi connectivity index (χ3v) is 6.37. The van der Waals surface area contributed by atoms with Crippen LogP contribution in [0.3, 0.4) is 0 Å². The first-order valence-electron chi connectivity index (χ1n) is 11.6. The number of benzene rings is 1. The first kappa shape index (κ1) is 22.0. The number of hydrogen-bond donors (Lipinski definition) is 2. The number of carbonyl (C=O) groups excluding carboxylic acids is 1. The van der Waals surface area contributed by atoms with Crippen LogP contribution in [-0.2, 0) is 17.7 Å². The van der Waals surface area contributed by atoms with Crippen LogP contribution in [0.1, 0.15) is 34.3 Å². The Labute approximate surface area is 197 Å². The number of rotatable bonds is 6. The average molecular weight is 459 g/mol. The van der Waals surface area contributed by atoms with Crippen molar-refractivity contribution in [2.24, 2.45) is 0 Å². The number of nitrogens with zero attached hydrogens (tertiary/aromatic N) is 3. The first-order valence-corrected chi connectivity index (χ1v) is 11.6. The molecule has 34 heavy (non-hydrogen) atoms. The fraction of sp³-hybridized carbons (Fsp3) is 0.308. The van der Waals surface area contributed by atoms with Gasteiger partial charge in [-0.2, -0.15) is 0 Å². The van der Waals surface area contributed by atoms with E-state index in [9.17, 15) is 9.59 Å². The lowest BCUT2D eigenvalue weighted by molar-refractivity contribution is -0.666. The highest BCUT2D eigenvalue weighted by molar-refractivity contribution is 6.00. The second-order valence-electron chi connectivity index (χ2n) is 8.72. The van der Waals surface area contributed by atoms with Gasteiger partial charge in [0.25, 0.3) is 17.1 Å². The van der Waals surface area contributed by atoms with Gasteiger partial charge in [-0.1, -0.05) is 41.4 Å². The lowest BCUT2D eigenvalue weighted by Gasteiger charge is -2.15. The monoisotopic (exact) mass is 458 g/mol. The van der Waals surface area contributed by atoms with E-state index in [1.54, 1.807) is 16.8 Å². The van der Waals surface area contributed by atoms with E-state index in [4.69, 9.17) is 15.5 Å². The largest absolute Gasteiger partial charge is 0.375 e. The number of carbonyl (C=O) groups is 1. The van der Waals surface area contributed by atoms with Crippen molar-refractivity contribution in [3.8, 4) is 0 Å². The quantitative estimate of drug-likeness (QED) is 0.341. The number of nitrogen functional groups attached to an aromatic ring is 1. The normalized spacial score (nSPS) is 15.7. The summed E-state index contributed by atoms with van der Waals surface area (Å²) >= 11 is 0. The van der Waals surface area contributed by atoms with Gasteiger partial charge in [-0.05, 0) is 43.9 Å². The number of hydrogen-bond acceptors (Lipinski definition) is 5. The Balaban J connectivity index is 1.58. The van der Waals surface area contributed by atoms with Crippen molar-refractivity contribution < 1.29 is 14.1 Å². The molecule has 3 N–H and O–H groups in total. The summed E-state index contributed by atoms with van der Waals surface area (Å²) in [5, 5.41) is 3.30. The van der Waals surface area contributed by atoms with Gasteiger partial charge >= 0.3 is 0 Å². The minimum atomic E-state index is -0.315. The third kappa shape index (κ3) is 4.12. The van der Waals surface area contributed by atoms with E-state index in [1.807, 2.05) is 49.4 Å². The van der Waals surface area contributed by atoms with Gasteiger partial charge in [-0.25, -0.2) is 4.57 Å². The number of anilines is 1. The Morgan fingerprint density at radius 1 is 1.26 bits per heavy atom. The summed E-state index contributed by atoms with van der Waals surface area (Å²) < 4.78 is 9.11. The van der Waals surface area contributed by atoms with Gasteiger partial charge in [0.1, 0.15) is 10.9 Å². The summed E-state index contributed by atoms with van der Waals surface area (Å²) in [5.74, 6) is -0.0322. The molecule has 1 saturated heterocycles. The highest BCUT2D eigenvalue weighted by Gasteiger charge is 2.28. The van der Waals surface area contributed by atoms with Gasteiger partial charge in [0.2, 0.25) is 11.5 Å². The standard InChI is InChI=1S/C26H27N5O3/c1-17-7-5-13-30-23(17)29-24-21(26(30)33)15-20(22(27)31(24)16-19-10-6-14-34-19)25(32)28-12-11-18-8-3-2-4-9-18/h2-5,7-9,13,15,19,27H,6,10-12,14,16H2,1H3,(H,28,32)/p+1. The van der Waals surface area contributed by atoms with Crippen molar-refractivity contribution in [1.82, 2.24) is 14.7 Å². The van der Waals surface area contributed by atoms with Crippen molar-refractivity contribution in [2.45, 2.75) is 38.8 Å². The summed E-state index contributed by atoms with van der Waals surface area (Å²) in [6.07, 6.45) is 4.22. The SMILES string of the molecule is Cc1cccn2c(=O)c3cc(C(=O)NCCc4ccccc4)c(N)[n+](CC4CCCO4)c3nc12. The molecule has 0 spiro atoms. The minimum absolute atomic E-state index is 0.0379. The molecule has 0 aliphatic carbocycles. The molecule has 1 aliphatic heterocycles.